The largest absolute Gasteiger partial charge is 0.315 e. The number of nitrogens with zero attached hydrogens (tertiary/aromatic N) is 2. The van der Waals surface area contributed by atoms with Gasteiger partial charge in [0.2, 0.25) is 0 Å². The average molecular weight is 251 g/mol. The van der Waals surface area contributed by atoms with Crippen molar-refractivity contribution in [3.63, 3.8) is 0 Å². The fourth-order valence-corrected chi connectivity index (χ4v) is 2.15. The molecule has 2 heterocycles. The van der Waals surface area contributed by atoms with E-state index in [2.05, 4.69) is 0 Å². The van der Waals surface area contributed by atoms with E-state index in [1.165, 1.54) is 4.90 Å². The summed E-state index contributed by atoms with van der Waals surface area (Å²) in [6.45, 7) is 0.466. The number of halogens is 2. The molecular weight excluding hydrogens is 243 g/mol. The SMILES string of the molecule is O=C1C(Cl)=C(Cl)C(=O)N2CCCC2N1O. The maximum Gasteiger partial charge on any atom is 0.292 e. The topological polar surface area (TPSA) is 60.9 Å². The van der Waals surface area contributed by atoms with Gasteiger partial charge in [0.1, 0.15) is 16.2 Å². The minimum absolute atomic E-state index is 0.329. The molecule has 7 heteroatoms. The van der Waals surface area contributed by atoms with Crippen LogP contribution in [-0.4, -0.2) is 39.7 Å². The molecule has 1 saturated heterocycles. The van der Waals surface area contributed by atoms with Crippen molar-refractivity contribution in [2.24, 2.45) is 0 Å². The molecule has 2 aliphatic heterocycles. The van der Waals surface area contributed by atoms with Crippen LogP contribution in [0.15, 0.2) is 10.1 Å². The fraction of sp³-hybridized carbons (Fsp3) is 0.500. The molecule has 1 fully saturated rings. The number of hydrogen-bond acceptors (Lipinski definition) is 3. The minimum atomic E-state index is -0.829. The summed E-state index contributed by atoms with van der Waals surface area (Å²) in [5.74, 6) is -1.33. The lowest BCUT2D eigenvalue weighted by atomic mass is 10.3. The molecule has 1 N–H and O–H groups in total. The van der Waals surface area contributed by atoms with Gasteiger partial charge < -0.3 is 4.90 Å². The molecule has 0 radical (unpaired) electrons. The second-order valence-electron chi connectivity index (χ2n) is 3.40. The number of hydroxylamine groups is 2. The Morgan fingerprint density at radius 1 is 1.20 bits per heavy atom. The lowest BCUT2D eigenvalue weighted by Crippen LogP contribution is -2.46. The van der Waals surface area contributed by atoms with Crippen molar-refractivity contribution < 1.29 is 14.8 Å². The van der Waals surface area contributed by atoms with Crippen LogP contribution in [0.4, 0.5) is 0 Å². The smallest absolute Gasteiger partial charge is 0.292 e. The Balaban J connectivity index is 2.46. The van der Waals surface area contributed by atoms with Gasteiger partial charge in [0.15, 0.2) is 0 Å². The predicted molar refractivity (Wildman–Crippen MR) is 52.1 cm³/mol. The van der Waals surface area contributed by atoms with Crippen molar-refractivity contribution in [3.05, 3.63) is 10.1 Å². The van der Waals surface area contributed by atoms with Gasteiger partial charge in [-0.1, -0.05) is 23.2 Å². The number of fused-ring (bicyclic) bond motifs is 1. The maximum absolute atomic E-state index is 11.7. The third-order valence-corrected chi connectivity index (χ3v) is 3.34. The van der Waals surface area contributed by atoms with E-state index in [4.69, 9.17) is 23.2 Å². The molecular formula is C8H8Cl2N2O3. The van der Waals surface area contributed by atoms with E-state index >= 15 is 0 Å². The van der Waals surface area contributed by atoms with Gasteiger partial charge in [-0.25, -0.2) is 0 Å². The van der Waals surface area contributed by atoms with E-state index in [9.17, 15) is 14.8 Å². The van der Waals surface area contributed by atoms with Crippen LogP contribution in [0.1, 0.15) is 12.8 Å². The Hall–Kier alpha value is -0.780. The molecule has 1 atom stereocenters. The highest BCUT2D eigenvalue weighted by molar-refractivity contribution is 6.54. The molecule has 0 saturated carbocycles. The fourth-order valence-electron chi connectivity index (χ4n) is 1.79. The molecule has 0 aliphatic carbocycles. The maximum atomic E-state index is 11.7. The molecule has 2 amide bonds. The van der Waals surface area contributed by atoms with Crippen molar-refractivity contribution in [2.75, 3.05) is 6.54 Å². The van der Waals surface area contributed by atoms with Crippen LogP contribution >= 0.6 is 23.2 Å². The molecule has 0 bridgehead atoms. The summed E-state index contributed by atoms with van der Waals surface area (Å²) in [4.78, 5) is 24.5. The second kappa shape index (κ2) is 3.66. The number of hydrogen-bond donors (Lipinski definition) is 1. The predicted octanol–water partition coefficient (Wildman–Crippen LogP) is 0.855. The summed E-state index contributed by atoms with van der Waals surface area (Å²) < 4.78 is 0. The van der Waals surface area contributed by atoms with Gasteiger partial charge in [-0.15, -0.1) is 0 Å². The molecule has 0 spiro atoms. The first-order chi connectivity index (χ1) is 7.04. The Bertz CT molecular complexity index is 369. The first-order valence-corrected chi connectivity index (χ1v) is 5.18. The number of rotatable bonds is 0. The summed E-state index contributed by atoms with van der Waals surface area (Å²) in [5, 5.41) is 9.26. The highest BCUT2D eigenvalue weighted by Crippen LogP contribution is 2.30. The average Bonchev–Trinajstić information content (AvgIpc) is 2.70. The van der Waals surface area contributed by atoms with E-state index < -0.39 is 23.0 Å². The van der Waals surface area contributed by atoms with Crippen LogP contribution in [0.25, 0.3) is 0 Å². The molecule has 15 heavy (non-hydrogen) atoms. The molecule has 1 unspecified atom stereocenters. The zero-order valence-corrected chi connectivity index (χ0v) is 9.12. The van der Waals surface area contributed by atoms with Crippen LogP contribution in [0.2, 0.25) is 0 Å². The molecule has 0 aromatic carbocycles. The zero-order chi connectivity index (χ0) is 11.2. The lowest BCUT2D eigenvalue weighted by molar-refractivity contribution is -0.183. The standard InChI is InChI=1S/C8H8Cl2N2O3/c9-5-6(10)8(14)12(15)4-2-1-3-11(4)7(5)13/h4,15H,1-3H2. The van der Waals surface area contributed by atoms with Gasteiger partial charge in [-0.3, -0.25) is 14.8 Å². The molecule has 0 aromatic rings. The van der Waals surface area contributed by atoms with Gasteiger partial charge in [0, 0.05) is 6.54 Å². The van der Waals surface area contributed by atoms with Crippen molar-refractivity contribution in [1.29, 1.82) is 0 Å². The summed E-state index contributed by atoms with van der Waals surface area (Å²) in [7, 11) is 0. The zero-order valence-electron chi connectivity index (χ0n) is 7.61. The van der Waals surface area contributed by atoms with E-state index in [1.807, 2.05) is 0 Å². The molecule has 0 aromatic heterocycles. The van der Waals surface area contributed by atoms with Gasteiger partial charge >= 0.3 is 0 Å². The van der Waals surface area contributed by atoms with Crippen LogP contribution < -0.4 is 0 Å². The summed E-state index contributed by atoms with van der Waals surface area (Å²) >= 11 is 11.2. The third kappa shape index (κ3) is 1.51. The molecule has 2 rings (SSSR count). The third-order valence-electron chi connectivity index (χ3n) is 2.54. The van der Waals surface area contributed by atoms with Crippen LogP contribution in [0.5, 0.6) is 0 Å². The van der Waals surface area contributed by atoms with Crippen LogP contribution in [0, 0.1) is 0 Å². The summed E-state index contributed by atoms with van der Waals surface area (Å²) in [6.07, 6.45) is 0.611. The monoisotopic (exact) mass is 250 g/mol. The van der Waals surface area contributed by atoms with Gasteiger partial charge in [0.05, 0.1) is 0 Å². The number of carbonyl (C=O) groups is 2. The number of carbonyl (C=O) groups excluding carboxylic acids is 2. The van der Waals surface area contributed by atoms with Crippen molar-refractivity contribution in [1.82, 2.24) is 9.96 Å². The summed E-state index contributed by atoms with van der Waals surface area (Å²) in [5.41, 5.74) is 0. The van der Waals surface area contributed by atoms with Crippen LogP contribution in [-0.2, 0) is 9.59 Å². The van der Waals surface area contributed by atoms with E-state index in [1.54, 1.807) is 0 Å². The van der Waals surface area contributed by atoms with Crippen molar-refractivity contribution >= 4 is 35.0 Å². The highest BCUT2D eigenvalue weighted by Gasteiger charge is 2.41. The lowest BCUT2D eigenvalue weighted by Gasteiger charge is -2.27. The Labute approximate surface area is 95.8 Å². The Morgan fingerprint density at radius 2 is 1.80 bits per heavy atom. The minimum Gasteiger partial charge on any atom is -0.315 e. The molecule has 5 nitrogen and oxygen atoms in total. The molecule has 82 valence electrons. The Morgan fingerprint density at radius 3 is 2.47 bits per heavy atom. The van der Waals surface area contributed by atoms with E-state index in [-0.39, 0.29) is 5.03 Å². The molecule has 2 aliphatic rings. The van der Waals surface area contributed by atoms with E-state index in [0.29, 0.717) is 18.0 Å². The van der Waals surface area contributed by atoms with Crippen molar-refractivity contribution in [3.8, 4) is 0 Å². The van der Waals surface area contributed by atoms with Gasteiger partial charge in [-0.05, 0) is 12.8 Å². The number of amides is 2. The van der Waals surface area contributed by atoms with Gasteiger partial charge in [-0.2, -0.15) is 5.06 Å². The van der Waals surface area contributed by atoms with Gasteiger partial charge in [0.25, 0.3) is 11.8 Å². The second-order valence-corrected chi connectivity index (χ2v) is 4.16. The quantitative estimate of drug-likeness (QED) is 0.649. The summed E-state index contributed by atoms with van der Waals surface area (Å²) in [6, 6.07) is 0. The highest BCUT2D eigenvalue weighted by atomic mass is 35.5. The normalized spacial score (nSPS) is 27.3. The first-order valence-electron chi connectivity index (χ1n) is 4.42. The van der Waals surface area contributed by atoms with Crippen LogP contribution in [0.3, 0.4) is 0 Å². The van der Waals surface area contributed by atoms with Crippen molar-refractivity contribution in [2.45, 2.75) is 19.0 Å². The Kier molecular flexibility index (Phi) is 2.62. The first kappa shape index (κ1) is 10.7. The van der Waals surface area contributed by atoms with E-state index in [0.717, 1.165) is 6.42 Å².